The van der Waals surface area contributed by atoms with Gasteiger partial charge in [-0.05, 0) is 0 Å². The lowest BCUT2D eigenvalue weighted by Crippen LogP contribution is -2.20. The van der Waals surface area contributed by atoms with Gasteiger partial charge in [-0.1, -0.05) is 48.5 Å². The number of aromatic nitrogens is 2. The van der Waals surface area contributed by atoms with E-state index < -0.39 is 32.6 Å². The van der Waals surface area contributed by atoms with Gasteiger partial charge in [-0.2, -0.15) is 0 Å². The second-order valence-electron chi connectivity index (χ2n) is 8.34. The zero-order valence-corrected chi connectivity index (χ0v) is 19.5. The van der Waals surface area contributed by atoms with Crippen molar-refractivity contribution in [3.63, 3.8) is 0 Å². The minimum Gasteiger partial charge on any atom is -0.347 e. The lowest BCUT2D eigenvalue weighted by Gasteiger charge is -2.06. The van der Waals surface area contributed by atoms with Crippen LogP contribution in [0, 0.1) is 0 Å². The van der Waals surface area contributed by atoms with E-state index in [0.717, 1.165) is 22.7 Å². The zero-order valence-electron chi connectivity index (χ0n) is 17.9. The van der Waals surface area contributed by atoms with Crippen LogP contribution in [-0.4, -0.2) is 9.97 Å². The van der Waals surface area contributed by atoms with Crippen molar-refractivity contribution < 1.29 is 0 Å². The molecular weight excluding hydrogens is 500 g/mol. The highest BCUT2D eigenvalue weighted by atomic mass is 32.1. The largest absolute Gasteiger partial charge is 0.347 e. The van der Waals surface area contributed by atoms with Gasteiger partial charge in [-0.15, -0.1) is 22.7 Å². The zero-order chi connectivity index (χ0) is 24.9. The Hall–Kier alpha value is -4.54. The van der Waals surface area contributed by atoms with Crippen LogP contribution in [-0.2, 0) is 0 Å². The van der Waals surface area contributed by atoms with E-state index in [1.54, 1.807) is 24.3 Å². The Morgan fingerprint density at radius 1 is 0.389 bits per heavy atom. The molecule has 0 aliphatic carbocycles. The van der Waals surface area contributed by atoms with Crippen LogP contribution < -0.4 is 32.6 Å². The minimum absolute atomic E-state index is 0.0314. The summed E-state index contributed by atoms with van der Waals surface area (Å²) in [6.07, 6.45) is 0. The van der Waals surface area contributed by atoms with E-state index in [0.29, 0.717) is 0 Å². The number of aromatic amines is 2. The molecule has 2 heterocycles. The number of H-pyrrole nitrogens is 2. The van der Waals surface area contributed by atoms with Crippen LogP contribution in [0.2, 0.25) is 0 Å². The van der Waals surface area contributed by atoms with Crippen molar-refractivity contribution in [3.05, 3.63) is 110 Å². The van der Waals surface area contributed by atoms with Gasteiger partial charge in [-0.25, -0.2) is 0 Å². The van der Waals surface area contributed by atoms with Crippen molar-refractivity contribution in [2.75, 3.05) is 0 Å². The summed E-state index contributed by atoms with van der Waals surface area (Å²) in [6.45, 7) is 0. The average molecular weight is 511 g/mol. The Bertz CT molecular complexity index is 2160. The highest BCUT2D eigenvalue weighted by Crippen LogP contribution is 2.25. The predicted molar refractivity (Wildman–Crippen MR) is 145 cm³/mol. The molecule has 8 nitrogen and oxygen atoms in total. The lowest BCUT2D eigenvalue weighted by atomic mass is 10.1. The molecule has 0 aliphatic heterocycles. The Balaban J connectivity index is 1.74. The molecule has 0 amide bonds. The third kappa shape index (κ3) is 2.51. The Morgan fingerprint density at radius 2 is 0.667 bits per heavy atom. The molecule has 5 aromatic carbocycles. The molecule has 0 fully saturated rings. The fourth-order valence-electron chi connectivity index (χ4n) is 4.66. The van der Waals surface area contributed by atoms with E-state index in [1.807, 2.05) is 0 Å². The number of fused-ring (bicyclic) bond motifs is 6. The normalized spacial score (nSPS) is 12.0. The number of hydrogen-bond donors (Lipinski definition) is 2. The molecule has 0 unspecified atom stereocenters. The molecule has 2 N–H and O–H groups in total. The molecule has 0 spiro atoms. The molecule has 0 atom stereocenters. The molecule has 0 saturated heterocycles. The summed E-state index contributed by atoms with van der Waals surface area (Å²) in [6, 6.07) is 12.7. The predicted octanol–water partition coefficient (Wildman–Crippen LogP) is 2.98. The minimum atomic E-state index is -0.610. The molecule has 0 bridgehead atoms. The Labute approximate surface area is 204 Å². The third-order valence-corrected chi connectivity index (χ3v) is 8.76. The van der Waals surface area contributed by atoms with Gasteiger partial charge in [0.1, 0.15) is 40.9 Å². The molecule has 36 heavy (non-hydrogen) atoms. The van der Waals surface area contributed by atoms with Crippen LogP contribution in [0.15, 0.2) is 77.3 Å². The monoisotopic (exact) mass is 510 g/mol. The van der Waals surface area contributed by atoms with E-state index in [1.165, 1.54) is 24.3 Å². The maximum atomic E-state index is 13.5. The second kappa shape index (κ2) is 7.00. The van der Waals surface area contributed by atoms with E-state index in [-0.39, 0.29) is 62.4 Å². The van der Waals surface area contributed by atoms with E-state index in [2.05, 4.69) is 9.97 Å². The highest BCUT2D eigenvalue weighted by molar-refractivity contribution is 7.25. The van der Waals surface area contributed by atoms with Gasteiger partial charge >= 0.3 is 0 Å². The van der Waals surface area contributed by atoms with E-state index in [9.17, 15) is 28.8 Å². The summed E-state index contributed by atoms with van der Waals surface area (Å²) >= 11 is 1.53. The quantitative estimate of drug-likeness (QED) is 0.301. The van der Waals surface area contributed by atoms with Crippen molar-refractivity contribution in [1.82, 2.24) is 9.97 Å². The molecule has 7 aromatic rings. The van der Waals surface area contributed by atoms with Crippen LogP contribution >= 0.6 is 22.7 Å². The summed E-state index contributed by atoms with van der Waals surface area (Å²) in [5.74, 6) is 0. The first kappa shape index (κ1) is 20.8. The molecular formula is C26H10N2O6S2. The van der Waals surface area contributed by atoms with Crippen LogP contribution in [0.5, 0.6) is 0 Å². The van der Waals surface area contributed by atoms with Crippen LogP contribution in [0.4, 0.5) is 0 Å². The van der Waals surface area contributed by atoms with Crippen molar-refractivity contribution in [2.45, 2.75) is 0 Å². The second-order valence-corrected chi connectivity index (χ2v) is 10.4. The van der Waals surface area contributed by atoms with Crippen molar-refractivity contribution in [2.24, 2.45) is 0 Å². The molecule has 2 aromatic heterocycles. The van der Waals surface area contributed by atoms with Gasteiger partial charge in [0.25, 0.3) is 0 Å². The first-order valence-corrected chi connectivity index (χ1v) is 12.3. The summed E-state index contributed by atoms with van der Waals surface area (Å²) < 4.78 is -0.0388. The summed E-state index contributed by atoms with van der Waals surface area (Å²) in [5, 5.41) is 0.864. The highest BCUT2D eigenvalue weighted by Gasteiger charge is 2.20. The number of nitrogens with one attached hydrogen (secondary N) is 2. The lowest BCUT2D eigenvalue weighted by molar-refractivity contribution is 1.45. The summed E-state index contributed by atoms with van der Waals surface area (Å²) in [4.78, 5) is 85.0. The number of rotatable bonds is 0. The van der Waals surface area contributed by atoms with Gasteiger partial charge in [0, 0.05) is 21.5 Å². The van der Waals surface area contributed by atoms with Crippen LogP contribution in [0.1, 0.15) is 0 Å². The van der Waals surface area contributed by atoms with Crippen LogP contribution in [0.3, 0.4) is 0 Å². The fourth-order valence-corrected chi connectivity index (χ4v) is 6.85. The van der Waals surface area contributed by atoms with Gasteiger partial charge in [-0.3, -0.25) is 28.8 Å². The average Bonchev–Trinajstić information content (AvgIpc) is 2.92. The van der Waals surface area contributed by atoms with Gasteiger partial charge in [0.05, 0.1) is 0 Å². The summed E-state index contributed by atoms with van der Waals surface area (Å²) in [7, 11) is 0. The molecule has 0 saturated carbocycles. The topological polar surface area (TPSA) is 134 Å². The number of hydrogen-bond acceptors (Lipinski definition) is 8. The molecule has 7 rings (SSSR count). The first-order valence-electron chi connectivity index (χ1n) is 10.7. The molecule has 10 heteroatoms. The molecule has 0 aliphatic rings. The molecule has 0 radical (unpaired) electrons. The Morgan fingerprint density at radius 3 is 1.03 bits per heavy atom. The van der Waals surface area contributed by atoms with Gasteiger partial charge in [0.15, 0.2) is 0 Å². The van der Waals surface area contributed by atoms with Crippen molar-refractivity contribution >= 4 is 85.1 Å². The Kier molecular flexibility index (Phi) is 4.04. The van der Waals surface area contributed by atoms with Crippen molar-refractivity contribution in [3.8, 4) is 0 Å². The standard InChI is InChI=1S/C26H10N2O6S2/c29-17-9-5-1-3-7-11(9)19(31)23-13(17)27-15-21(33)26-16(22(34)25(15)35-23)28-14-18(30)10-6-2-4-8-12(10)20(32)24(14)36-26/h1-8,27-28H. The number of benzene rings is 5. The van der Waals surface area contributed by atoms with E-state index >= 15 is 0 Å². The maximum Gasteiger partial charge on any atom is 0.222 e. The maximum absolute atomic E-state index is 13.5. The van der Waals surface area contributed by atoms with E-state index in [4.69, 9.17) is 0 Å². The first-order chi connectivity index (χ1) is 17.4. The smallest absolute Gasteiger partial charge is 0.222 e. The third-order valence-electron chi connectivity index (χ3n) is 6.38. The molecule has 172 valence electrons. The van der Waals surface area contributed by atoms with Gasteiger partial charge in [0.2, 0.25) is 32.6 Å². The van der Waals surface area contributed by atoms with Crippen LogP contribution in [0.25, 0.3) is 62.4 Å². The summed E-state index contributed by atoms with van der Waals surface area (Å²) in [5.41, 5.74) is -3.35. The SMILES string of the molecule is O=c1c2ccccc2c(=O)c2sc3c(=O)c4[nH]c5c(=O)c6ccccc6c(=O)c5sc4c(=O)c3[nH]c12. The fraction of sp³-hybridized carbons (Fsp3) is 0. The van der Waals surface area contributed by atoms with Crippen molar-refractivity contribution in [1.29, 1.82) is 0 Å². The van der Waals surface area contributed by atoms with Gasteiger partial charge < -0.3 is 9.97 Å².